The van der Waals surface area contributed by atoms with Gasteiger partial charge in [0.1, 0.15) is 0 Å². The Labute approximate surface area is 119 Å². The van der Waals surface area contributed by atoms with Crippen LogP contribution in [0.25, 0.3) is 0 Å². The van der Waals surface area contributed by atoms with Crippen LogP contribution < -0.4 is 5.32 Å². The molecule has 112 valence electrons. The lowest BCUT2D eigenvalue weighted by molar-refractivity contribution is -0.137. The molecule has 0 aromatic heterocycles. The highest BCUT2D eigenvalue weighted by Gasteiger charge is 2.49. The van der Waals surface area contributed by atoms with Crippen molar-refractivity contribution in [3.8, 4) is 0 Å². The molecule has 1 amide bonds. The number of hydrogen-bond acceptors (Lipinski definition) is 3. The SMILES string of the molecule is O=C(O)CCCNC(=O)OCC1[C@H]2CC/C=C\CC[C@@H]12. The van der Waals surface area contributed by atoms with Gasteiger partial charge in [0.2, 0.25) is 0 Å². The number of carbonyl (C=O) groups is 2. The number of fused-ring (bicyclic) bond motifs is 1. The number of carbonyl (C=O) groups excluding carboxylic acids is 1. The average Bonchev–Trinajstić information content (AvgIpc) is 3.02. The molecule has 20 heavy (non-hydrogen) atoms. The van der Waals surface area contributed by atoms with Crippen LogP contribution in [0.5, 0.6) is 0 Å². The third-order valence-electron chi connectivity index (χ3n) is 4.25. The molecule has 2 aliphatic carbocycles. The summed E-state index contributed by atoms with van der Waals surface area (Å²) in [5.74, 6) is 1.13. The van der Waals surface area contributed by atoms with E-state index < -0.39 is 12.1 Å². The normalized spacial score (nSPS) is 29.5. The Hall–Kier alpha value is -1.52. The molecular weight excluding hydrogens is 258 g/mol. The van der Waals surface area contributed by atoms with Crippen molar-refractivity contribution in [3.63, 3.8) is 0 Å². The van der Waals surface area contributed by atoms with E-state index >= 15 is 0 Å². The summed E-state index contributed by atoms with van der Waals surface area (Å²) in [5, 5.41) is 11.1. The minimum atomic E-state index is -0.844. The molecule has 5 nitrogen and oxygen atoms in total. The van der Waals surface area contributed by atoms with Crippen molar-refractivity contribution >= 4 is 12.1 Å². The molecule has 0 heterocycles. The van der Waals surface area contributed by atoms with Gasteiger partial charge in [-0.25, -0.2) is 4.79 Å². The maximum Gasteiger partial charge on any atom is 0.407 e. The highest BCUT2D eigenvalue weighted by Crippen LogP contribution is 2.52. The summed E-state index contributed by atoms with van der Waals surface area (Å²) >= 11 is 0. The van der Waals surface area contributed by atoms with Crippen molar-refractivity contribution in [3.05, 3.63) is 12.2 Å². The molecule has 0 bridgehead atoms. The van der Waals surface area contributed by atoms with Crippen molar-refractivity contribution in [1.29, 1.82) is 0 Å². The summed E-state index contributed by atoms with van der Waals surface area (Å²) in [6.45, 7) is 0.854. The third kappa shape index (κ3) is 4.54. The summed E-state index contributed by atoms with van der Waals surface area (Å²) < 4.78 is 5.23. The number of alkyl carbamates (subject to hydrolysis) is 1. The number of aliphatic carboxylic acids is 1. The molecule has 1 saturated carbocycles. The van der Waals surface area contributed by atoms with Crippen molar-refractivity contribution in [2.24, 2.45) is 17.8 Å². The number of rotatable bonds is 6. The Kier molecular flexibility index (Phi) is 5.44. The van der Waals surface area contributed by atoms with Crippen LogP contribution in [0.3, 0.4) is 0 Å². The van der Waals surface area contributed by atoms with E-state index in [0.29, 0.717) is 25.5 Å². The first-order valence-electron chi connectivity index (χ1n) is 7.46. The Morgan fingerprint density at radius 1 is 1.20 bits per heavy atom. The average molecular weight is 281 g/mol. The van der Waals surface area contributed by atoms with Crippen LogP contribution in [0.1, 0.15) is 38.5 Å². The number of nitrogens with one attached hydrogen (secondary N) is 1. The molecule has 0 spiro atoms. The molecule has 2 rings (SSSR count). The van der Waals surface area contributed by atoms with Gasteiger partial charge in [0, 0.05) is 13.0 Å². The molecule has 1 unspecified atom stereocenters. The summed E-state index contributed by atoms with van der Waals surface area (Å²) in [7, 11) is 0. The van der Waals surface area contributed by atoms with E-state index in [1.54, 1.807) is 0 Å². The van der Waals surface area contributed by atoms with Crippen molar-refractivity contribution in [2.45, 2.75) is 38.5 Å². The van der Waals surface area contributed by atoms with Gasteiger partial charge in [-0.15, -0.1) is 0 Å². The van der Waals surface area contributed by atoms with E-state index in [2.05, 4.69) is 17.5 Å². The van der Waals surface area contributed by atoms with E-state index in [-0.39, 0.29) is 6.42 Å². The van der Waals surface area contributed by atoms with Crippen molar-refractivity contribution < 1.29 is 19.4 Å². The van der Waals surface area contributed by atoms with Crippen LogP contribution in [0.15, 0.2) is 12.2 Å². The molecular formula is C15H23NO4. The smallest absolute Gasteiger partial charge is 0.407 e. The van der Waals surface area contributed by atoms with Gasteiger partial charge in [-0.3, -0.25) is 4.79 Å². The summed E-state index contributed by atoms with van der Waals surface area (Å²) in [6, 6.07) is 0. The minimum absolute atomic E-state index is 0.0695. The predicted octanol–water partition coefficient (Wildman–Crippen LogP) is 2.57. The maximum atomic E-state index is 11.5. The zero-order chi connectivity index (χ0) is 14.4. The van der Waals surface area contributed by atoms with Gasteiger partial charge < -0.3 is 15.2 Å². The Balaban J connectivity index is 1.57. The van der Waals surface area contributed by atoms with Crippen LogP contribution >= 0.6 is 0 Å². The van der Waals surface area contributed by atoms with Crippen LogP contribution in [-0.2, 0) is 9.53 Å². The number of carboxylic acid groups (broad SMARTS) is 1. The molecule has 0 aromatic carbocycles. The minimum Gasteiger partial charge on any atom is -0.481 e. The zero-order valence-corrected chi connectivity index (χ0v) is 11.7. The van der Waals surface area contributed by atoms with Gasteiger partial charge in [0.15, 0.2) is 0 Å². The fraction of sp³-hybridized carbons (Fsp3) is 0.733. The standard InChI is InChI=1S/C15H23NO4/c17-14(18)8-5-9-16-15(19)20-10-13-11-6-3-1-2-4-7-12(11)13/h1-2,11-13H,3-10H2,(H,16,19)(H,17,18)/b2-1-/t11-,12+,13?. The predicted molar refractivity (Wildman–Crippen MR) is 74.3 cm³/mol. The second-order valence-electron chi connectivity index (χ2n) is 5.64. The monoisotopic (exact) mass is 281 g/mol. The van der Waals surface area contributed by atoms with E-state index in [4.69, 9.17) is 9.84 Å². The third-order valence-corrected chi connectivity index (χ3v) is 4.25. The van der Waals surface area contributed by atoms with Crippen molar-refractivity contribution in [2.75, 3.05) is 13.2 Å². The molecule has 0 aliphatic heterocycles. The van der Waals surface area contributed by atoms with Gasteiger partial charge in [-0.1, -0.05) is 12.2 Å². The molecule has 5 heteroatoms. The van der Waals surface area contributed by atoms with E-state index in [9.17, 15) is 9.59 Å². The lowest BCUT2D eigenvalue weighted by Crippen LogP contribution is -2.26. The summed E-state index contributed by atoms with van der Waals surface area (Å²) in [6.07, 6.45) is 9.27. The van der Waals surface area contributed by atoms with Gasteiger partial charge >= 0.3 is 12.1 Å². The largest absolute Gasteiger partial charge is 0.481 e. The van der Waals surface area contributed by atoms with Gasteiger partial charge in [-0.05, 0) is 49.9 Å². The van der Waals surface area contributed by atoms with Crippen LogP contribution in [0, 0.1) is 17.8 Å². The first-order chi connectivity index (χ1) is 9.68. The quantitative estimate of drug-likeness (QED) is 0.579. The maximum absolute atomic E-state index is 11.5. The van der Waals surface area contributed by atoms with E-state index in [1.807, 2.05) is 0 Å². The highest BCUT2D eigenvalue weighted by molar-refractivity contribution is 5.68. The number of carboxylic acids is 1. The Bertz CT molecular complexity index is 364. The van der Waals surface area contributed by atoms with E-state index in [1.165, 1.54) is 12.8 Å². The van der Waals surface area contributed by atoms with E-state index in [0.717, 1.165) is 24.7 Å². The molecule has 1 fully saturated rings. The van der Waals surface area contributed by atoms with Gasteiger partial charge in [-0.2, -0.15) is 0 Å². The Morgan fingerprint density at radius 2 is 1.85 bits per heavy atom. The summed E-state index contributed by atoms with van der Waals surface area (Å²) in [4.78, 5) is 21.8. The zero-order valence-electron chi connectivity index (χ0n) is 11.7. The molecule has 2 N–H and O–H groups in total. The second-order valence-corrected chi connectivity index (χ2v) is 5.64. The van der Waals surface area contributed by atoms with Crippen LogP contribution in [0.2, 0.25) is 0 Å². The molecule has 0 radical (unpaired) electrons. The highest BCUT2D eigenvalue weighted by atomic mass is 16.5. The molecule has 0 aromatic rings. The molecule has 2 aliphatic rings. The van der Waals surface area contributed by atoms with Gasteiger partial charge in [0.25, 0.3) is 0 Å². The number of ether oxygens (including phenoxy) is 1. The number of amides is 1. The summed E-state index contributed by atoms with van der Waals surface area (Å²) in [5.41, 5.74) is 0. The number of hydrogen-bond donors (Lipinski definition) is 2. The second kappa shape index (κ2) is 7.31. The Morgan fingerprint density at radius 3 is 2.45 bits per heavy atom. The fourth-order valence-corrected chi connectivity index (χ4v) is 3.09. The number of allylic oxidation sites excluding steroid dienone is 2. The topological polar surface area (TPSA) is 75.6 Å². The first kappa shape index (κ1) is 14.9. The van der Waals surface area contributed by atoms with Crippen molar-refractivity contribution in [1.82, 2.24) is 5.32 Å². The fourth-order valence-electron chi connectivity index (χ4n) is 3.09. The molecule has 0 saturated heterocycles. The lowest BCUT2D eigenvalue weighted by atomic mass is 10.1. The first-order valence-corrected chi connectivity index (χ1v) is 7.46. The van der Waals surface area contributed by atoms with Crippen LogP contribution in [-0.4, -0.2) is 30.3 Å². The van der Waals surface area contributed by atoms with Crippen LogP contribution in [0.4, 0.5) is 4.79 Å². The lowest BCUT2D eigenvalue weighted by Gasteiger charge is -2.06. The van der Waals surface area contributed by atoms with Gasteiger partial charge in [0.05, 0.1) is 6.61 Å². The molecule has 3 atom stereocenters.